The van der Waals surface area contributed by atoms with E-state index in [-0.39, 0.29) is 36.9 Å². The van der Waals surface area contributed by atoms with Crippen molar-refractivity contribution in [2.45, 2.75) is 201 Å². The van der Waals surface area contributed by atoms with E-state index in [0.29, 0.717) is 11.5 Å². The van der Waals surface area contributed by atoms with Crippen LogP contribution in [0.2, 0.25) is 0 Å². The van der Waals surface area contributed by atoms with E-state index < -0.39 is 113 Å². The first-order valence-corrected chi connectivity index (χ1v) is 27.2. The van der Waals surface area contributed by atoms with E-state index in [0.717, 1.165) is 46.5 Å². The van der Waals surface area contributed by atoms with Crippen LogP contribution in [0, 0.1) is 0 Å². The van der Waals surface area contributed by atoms with Gasteiger partial charge in [0.25, 0.3) is 0 Å². The average Bonchev–Trinajstić information content (AvgIpc) is 3.34. The Morgan fingerprint density at radius 1 is 0.526 bits per heavy atom. The molecule has 10 atom stereocenters. The van der Waals surface area contributed by atoms with E-state index in [2.05, 4.69) is 121 Å². The van der Waals surface area contributed by atoms with Crippen LogP contribution in [0.5, 0.6) is 40.2 Å². The molecule has 18 nitrogen and oxygen atoms in total. The van der Waals surface area contributed by atoms with Crippen molar-refractivity contribution in [2.24, 2.45) is 0 Å². The molecule has 430 valence electrons. The second-order valence-corrected chi connectivity index (χ2v) is 28.3. The van der Waals surface area contributed by atoms with Gasteiger partial charge in [0.15, 0.2) is 23.5 Å². The molecule has 0 bridgehead atoms. The summed E-state index contributed by atoms with van der Waals surface area (Å²) in [5, 5.41) is 124. The molecule has 5 aromatic rings. The number of aliphatic hydroxyl groups excluding tert-OH is 6. The van der Waals surface area contributed by atoms with Crippen molar-refractivity contribution in [3.63, 3.8) is 0 Å². The third-order valence-electron chi connectivity index (χ3n) is 13.4. The maximum Gasteiger partial charge on any atom is 0.239 e. The number of phenolic OH excluding ortho intramolecular Hbond substituents is 6. The molecule has 2 aliphatic heterocycles. The molecule has 0 radical (unpaired) electrons. The molecule has 0 unspecified atom stereocenters. The Hall–Kier alpha value is -4.97. The van der Waals surface area contributed by atoms with Gasteiger partial charge < -0.3 is 84.6 Å². The number of aliphatic hydroxyl groups is 6. The number of phenols is 6. The molecule has 0 aliphatic carbocycles. The number of benzene rings is 4. The highest BCUT2D eigenvalue weighted by molar-refractivity contribution is 8.18. The molecule has 7 rings (SSSR count). The van der Waals surface area contributed by atoms with Crippen molar-refractivity contribution in [2.75, 3.05) is 6.61 Å². The first-order valence-electron chi connectivity index (χ1n) is 25.6. The van der Waals surface area contributed by atoms with Gasteiger partial charge in [0.05, 0.1) is 16.8 Å². The van der Waals surface area contributed by atoms with Crippen molar-refractivity contribution < 1.29 is 84.6 Å². The molecule has 0 amide bonds. The second-order valence-electron chi connectivity index (χ2n) is 24.6. The molecule has 2 saturated heterocycles. The molecule has 2 fully saturated rings. The van der Waals surface area contributed by atoms with Crippen LogP contribution in [0.25, 0.3) is 22.3 Å². The number of aromatic hydroxyl groups is 6. The topological polar surface area (TPSA) is 310 Å². The van der Waals surface area contributed by atoms with Crippen LogP contribution < -0.4 is 10.2 Å². The van der Waals surface area contributed by atoms with Gasteiger partial charge in [0, 0.05) is 49.7 Å². The van der Waals surface area contributed by atoms with E-state index in [1.54, 1.807) is 0 Å². The minimum atomic E-state index is -1.97. The largest absolute Gasteiger partial charge is 0.508 e. The fourth-order valence-corrected chi connectivity index (χ4v) is 11.6. The van der Waals surface area contributed by atoms with Gasteiger partial charge in [-0.1, -0.05) is 83.1 Å². The Morgan fingerprint density at radius 2 is 0.987 bits per heavy atom. The first kappa shape index (κ1) is 62.2. The number of ether oxygens (including phenoxy) is 4. The SMILES string of the molecule is CC(C)(Sc1cc(C(C)(C)C)c(O)c(C(C)(C)C)c1)Sc1cc(C(C)(C)C)c(O)c(C(C)(C)C)c1.C[C@@H]1O[C@@H](OC[C@H]2O[C@@H](Oc3c(-c4ccc(O)c(O)c4)oc4cc(O)cc(O)c4c3=O)[C@H](O)[C@@H](O)[C@@H]2O)[C@H](O)[C@H](O)[C@H]1O. The zero-order chi connectivity index (χ0) is 58.7. The summed E-state index contributed by atoms with van der Waals surface area (Å²) < 4.78 is 27.6. The molecule has 12 N–H and O–H groups in total. The highest BCUT2D eigenvalue weighted by Crippen LogP contribution is 2.51. The maximum atomic E-state index is 13.6. The normalized spacial score (nSPS) is 24.4. The van der Waals surface area contributed by atoms with E-state index in [9.17, 15) is 66.1 Å². The molecule has 0 spiro atoms. The molecule has 1 aromatic heterocycles. The maximum absolute atomic E-state index is 13.6. The van der Waals surface area contributed by atoms with Crippen molar-refractivity contribution in [3.8, 4) is 51.6 Å². The summed E-state index contributed by atoms with van der Waals surface area (Å²) >= 11 is 3.66. The Morgan fingerprint density at radius 3 is 1.45 bits per heavy atom. The van der Waals surface area contributed by atoms with E-state index >= 15 is 0 Å². The number of hydrogen-bond acceptors (Lipinski definition) is 20. The summed E-state index contributed by atoms with van der Waals surface area (Å²) in [6.45, 7) is 31.2. The van der Waals surface area contributed by atoms with Gasteiger partial charge in [0.1, 0.15) is 76.7 Å². The van der Waals surface area contributed by atoms with Crippen molar-refractivity contribution in [3.05, 3.63) is 87.1 Å². The van der Waals surface area contributed by atoms with Gasteiger partial charge in [-0.2, -0.15) is 0 Å². The van der Waals surface area contributed by atoms with Gasteiger partial charge >= 0.3 is 0 Å². The zero-order valence-corrected chi connectivity index (χ0v) is 48.4. The zero-order valence-electron chi connectivity index (χ0n) is 46.8. The molecule has 20 heteroatoms. The van der Waals surface area contributed by atoms with Crippen LogP contribution in [-0.4, -0.2) is 133 Å². The van der Waals surface area contributed by atoms with Gasteiger partial charge in [0.2, 0.25) is 17.5 Å². The predicted molar refractivity (Wildman–Crippen MR) is 297 cm³/mol. The summed E-state index contributed by atoms with van der Waals surface area (Å²) in [5.41, 5.74) is 1.99. The predicted octanol–water partition coefficient (Wildman–Crippen LogP) is 8.22. The van der Waals surface area contributed by atoms with Gasteiger partial charge in [-0.15, -0.1) is 23.5 Å². The lowest BCUT2D eigenvalue weighted by atomic mass is 9.79. The van der Waals surface area contributed by atoms with Crippen molar-refractivity contribution in [1.82, 2.24) is 0 Å². The summed E-state index contributed by atoms with van der Waals surface area (Å²) in [5.74, 6) is -2.49. The van der Waals surface area contributed by atoms with Gasteiger partial charge in [-0.25, -0.2) is 0 Å². The Bertz CT molecular complexity index is 2860. The lowest BCUT2D eigenvalue weighted by Gasteiger charge is -2.42. The van der Waals surface area contributed by atoms with Gasteiger partial charge in [-0.3, -0.25) is 4.79 Å². The van der Waals surface area contributed by atoms with Crippen LogP contribution in [0.1, 0.15) is 126 Å². The van der Waals surface area contributed by atoms with Crippen LogP contribution >= 0.6 is 23.5 Å². The first-order chi connectivity index (χ1) is 35.7. The summed E-state index contributed by atoms with van der Waals surface area (Å²) in [6.07, 6.45) is -16.2. The average molecular weight is 1130 g/mol. The standard InChI is InChI=1S/C31H48O2S2.C27H30O16/c1-27(2,3)21-15-19(16-22(25(21)32)28(4,5)6)34-31(13,14)35-20-17-23(29(7,8)9)26(33)24(18-20)30(10,11)12;1-8-17(32)20(35)22(37)26(40-8)39-7-15-18(33)21(36)23(38)27(42-15)43-25-19(34)16-13(31)5-10(28)6-14(16)41-24(25)9-2-3-11(29)12(30)4-9/h15-18,32-33H,1-14H3;2-6,8,15,17-18,20-23,26-33,35-38H,7H2,1H3/t;8-,15+,17-,18+,20+,21-,22+,23+,26+,27-/m.0/s1. The summed E-state index contributed by atoms with van der Waals surface area (Å²) in [4.78, 5) is 15.9. The fourth-order valence-electron chi connectivity index (χ4n) is 9.05. The lowest BCUT2D eigenvalue weighted by molar-refractivity contribution is -0.318. The Balaban J connectivity index is 0.000000258. The van der Waals surface area contributed by atoms with Crippen molar-refractivity contribution >= 4 is 34.5 Å². The minimum absolute atomic E-state index is 0.0313. The highest BCUT2D eigenvalue weighted by Gasteiger charge is 2.48. The molecule has 0 saturated carbocycles. The molecular weight excluding hydrogens is 1050 g/mol. The van der Waals surface area contributed by atoms with E-state index in [4.69, 9.17) is 23.4 Å². The highest BCUT2D eigenvalue weighted by atomic mass is 32.2. The Kier molecular flexibility index (Phi) is 18.3. The molecule has 78 heavy (non-hydrogen) atoms. The van der Waals surface area contributed by atoms with Crippen LogP contribution in [0.4, 0.5) is 0 Å². The van der Waals surface area contributed by atoms with Gasteiger partial charge in [-0.05, 0) is 84.9 Å². The smallest absolute Gasteiger partial charge is 0.239 e. The number of hydrogen-bond donors (Lipinski definition) is 12. The van der Waals surface area contributed by atoms with Crippen LogP contribution in [0.3, 0.4) is 0 Å². The third-order valence-corrected chi connectivity index (χ3v) is 15.8. The number of fused-ring (bicyclic) bond motifs is 1. The molecule has 4 aromatic carbocycles. The van der Waals surface area contributed by atoms with E-state index in [1.807, 2.05) is 23.5 Å². The molecular formula is C58H78O18S2. The lowest BCUT2D eigenvalue weighted by Crippen LogP contribution is -2.61. The van der Waals surface area contributed by atoms with Crippen molar-refractivity contribution in [1.29, 1.82) is 0 Å². The van der Waals surface area contributed by atoms with Crippen LogP contribution in [0.15, 0.2) is 73.6 Å². The van der Waals surface area contributed by atoms with Crippen LogP contribution in [-0.2, 0) is 35.9 Å². The summed E-state index contributed by atoms with van der Waals surface area (Å²) in [6, 6.07) is 13.9. The summed E-state index contributed by atoms with van der Waals surface area (Å²) in [7, 11) is 0. The number of rotatable bonds is 10. The molecule has 3 heterocycles. The quantitative estimate of drug-likeness (QED) is 0.0356. The minimum Gasteiger partial charge on any atom is -0.508 e. The second kappa shape index (κ2) is 22.9. The third kappa shape index (κ3) is 13.8. The molecule has 2 aliphatic rings. The van der Waals surface area contributed by atoms with E-state index in [1.165, 1.54) is 22.8 Å². The fraction of sp³-hybridized carbons (Fsp3) is 0.534. The number of thioether (sulfide) groups is 2. The monoisotopic (exact) mass is 1130 g/mol. The Labute approximate surface area is 463 Å².